The highest BCUT2D eigenvalue weighted by Gasteiger charge is 2.52. The van der Waals surface area contributed by atoms with Crippen molar-refractivity contribution in [3.8, 4) is 0 Å². The third-order valence-corrected chi connectivity index (χ3v) is 5.12. The molecule has 1 aromatic rings. The summed E-state index contributed by atoms with van der Waals surface area (Å²) < 4.78 is 32.4. The van der Waals surface area contributed by atoms with E-state index >= 15 is 0 Å². The van der Waals surface area contributed by atoms with Crippen molar-refractivity contribution in [1.29, 1.82) is 0 Å². The zero-order valence-electron chi connectivity index (χ0n) is 13.3. The van der Waals surface area contributed by atoms with Gasteiger partial charge in [-0.1, -0.05) is 0 Å². The Bertz CT molecular complexity index is 551. The smallest absolute Gasteiger partial charge is 0.126 e. The van der Waals surface area contributed by atoms with Crippen molar-refractivity contribution >= 4 is 0 Å². The Hall–Kier alpha value is -1.08. The van der Waals surface area contributed by atoms with Gasteiger partial charge in [-0.3, -0.25) is 4.90 Å². The SMILES string of the molecule is C[C@@]1(O)CCOC2(CCN(Cc3cc(F)cc(F)c3)CC2)[C@H]1O. The monoisotopic (exact) mass is 327 g/mol. The van der Waals surface area contributed by atoms with Crippen LogP contribution >= 0.6 is 0 Å². The fourth-order valence-electron chi connectivity index (χ4n) is 3.71. The molecule has 2 atom stereocenters. The normalized spacial score (nSPS) is 31.4. The molecule has 0 radical (unpaired) electrons. The summed E-state index contributed by atoms with van der Waals surface area (Å²) in [6, 6.07) is 3.54. The summed E-state index contributed by atoms with van der Waals surface area (Å²) in [5.41, 5.74) is -1.26. The second-order valence-corrected chi connectivity index (χ2v) is 6.98. The summed E-state index contributed by atoms with van der Waals surface area (Å²) in [4.78, 5) is 2.08. The van der Waals surface area contributed by atoms with E-state index in [1.54, 1.807) is 6.92 Å². The maximum atomic E-state index is 13.3. The van der Waals surface area contributed by atoms with Gasteiger partial charge in [-0.05, 0) is 37.5 Å². The number of benzene rings is 1. The summed E-state index contributed by atoms with van der Waals surface area (Å²) in [5.74, 6) is -1.15. The molecular formula is C17H23F2NO3. The van der Waals surface area contributed by atoms with Crippen molar-refractivity contribution in [2.24, 2.45) is 0 Å². The lowest BCUT2D eigenvalue weighted by molar-refractivity contribution is -0.246. The summed E-state index contributed by atoms with van der Waals surface area (Å²) in [5, 5.41) is 20.8. The number of ether oxygens (including phenoxy) is 1. The molecule has 2 aliphatic rings. The van der Waals surface area contributed by atoms with Crippen molar-refractivity contribution < 1.29 is 23.7 Å². The average molecular weight is 327 g/mol. The topological polar surface area (TPSA) is 52.9 Å². The first-order valence-corrected chi connectivity index (χ1v) is 8.02. The summed E-state index contributed by atoms with van der Waals surface area (Å²) >= 11 is 0. The fraction of sp³-hybridized carbons (Fsp3) is 0.647. The van der Waals surface area contributed by atoms with E-state index in [2.05, 4.69) is 4.90 Å². The van der Waals surface area contributed by atoms with E-state index in [1.807, 2.05) is 0 Å². The van der Waals surface area contributed by atoms with Gasteiger partial charge in [-0.15, -0.1) is 0 Å². The van der Waals surface area contributed by atoms with Gasteiger partial charge in [0.2, 0.25) is 0 Å². The van der Waals surface area contributed by atoms with E-state index in [9.17, 15) is 19.0 Å². The number of halogens is 2. The number of likely N-dealkylation sites (tertiary alicyclic amines) is 1. The lowest BCUT2D eigenvalue weighted by Gasteiger charge is -2.51. The number of nitrogens with zero attached hydrogens (tertiary/aromatic N) is 1. The Labute approximate surface area is 134 Å². The van der Waals surface area contributed by atoms with E-state index in [-0.39, 0.29) is 0 Å². The van der Waals surface area contributed by atoms with E-state index in [4.69, 9.17) is 4.74 Å². The molecule has 3 rings (SSSR count). The van der Waals surface area contributed by atoms with E-state index in [0.717, 1.165) is 6.07 Å². The molecule has 0 aromatic heterocycles. The highest BCUT2D eigenvalue weighted by Crippen LogP contribution is 2.39. The number of aliphatic hydroxyl groups excluding tert-OH is 1. The van der Waals surface area contributed by atoms with Gasteiger partial charge in [0.15, 0.2) is 0 Å². The van der Waals surface area contributed by atoms with Crippen molar-refractivity contribution in [1.82, 2.24) is 4.90 Å². The number of aliphatic hydroxyl groups is 2. The molecule has 2 fully saturated rings. The summed E-state index contributed by atoms with van der Waals surface area (Å²) in [6.45, 7) is 3.82. The summed E-state index contributed by atoms with van der Waals surface area (Å²) in [6.07, 6.45) is 0.671. The lowest BCUT2D eigenvalue weighted by Crippen LogP contribution is -2.64. The molecule has 128 valence electrons. The van der Waals surface area contributed by atoms with Crippen LogP contribution in [0.1, 0.15) is 31.7 Å². The second-order valence-electron chi connectivity index (χ2n) is 6.98. The first kappa shape index (κ1) is 16.8. The van der Waals surface area contributed by atoms with Crippen LogP contribution in [0.5, 0.6) is 0 Å². The van der Waals surface area contributed by atoms with Crippen molar-refractivity contribution in [3.05, 3.63) is 35.4 Å². The molecule has 0 saturated carbocycles. The van der Waals surface area contributed by atoms with Crippen molar-refractivity contribution in [3.63, 3.8) is 0 Å². The van der Waals surface area contributed by atoms with Gasteiger partial charge in [-0.2, -0.15) is 0 Å². The quantitative estimate of drug-likeness (QED) is 0.870. The molecule has 0 bridgehead atoms. The highest BCUT2D eigenvalue weighted by atomic mass is 19.1. The maximum Gasteiger partial charge on any atom is 0.126 e. The molecule has 2 aliphatic heterocycles. The molecule has 23 heavy (non-hydrogen) atoms. The van der Waals surface area contributed by atoms with Gasteiger partial charge < -0.3 is 14.9 Å². The van der Waals surface area contributed by atoms with Gasteiger partial charge in [0.1, 0.15) is 17.7 Å². The Morgan fingerprint density at radius 2 is 1.78 bits per heavy atom. The van der Waals surface area contributed by atoms with Crippen LogP contribution in [0.2, 0.25) is 0 Å². The molecule has 6 heteroatoms. The largest absolute Gasteiger partial charge is 0.387 e. The lowest BCUT2D eigenvalue weighted by atomic mass is 9.75. The molecule has 0 amide bonds. The number of rotatable bonds is 2. The third kappa shape index (κ3) is 3.40. The molecule has 0 aliphatic carbocycles. The zero-order chi connectivity index (χ0) is 16.7. The van der Waals surface area contributed by atoms with Crippen LogP contribution in [0.15, 0.2) is 18.2 Å². The number of hydrogen-bond acceptors (Lipinski definition) is 4. The zero-order valence-corrected chi connectivity index (χ0v) is 13.3. The minimum Gasteiger partial charge on any atom is -0.387 e. The molecule has 2 N–H and O–H groups in total. The van der Waals surface area contributed by atoms with E-state index in [1.165, 1.54) is 12.1 Å². The first-order valence-electron chi connectivity index (χ1n) is 8.02. The average Bonchev–Trinajstić information content (AvgIpc) is 2.46. The molecule has 1 spiro atoms. The van der Waals surface area contributed by atoms with Gasteiger partial charge in [-0.25, -0.2) is 8.78 Å². The van der Waals surface area contributed by atoms with Crippen LogP contribution in [0.3, 0.4) is 0 Å². The molecule has 2 saturated heterocycles. The Balaban J connectivity index is 1.64. The number of piperidine rings is 1. The van der Waals surface area contributed by atoms with Gasteiger partial charge in [0, 0.05) is 32.1 Å². The highest BCUT2D eigenvalue weighted by molar-refractivity contribution is 5.18. The molecule has 0 unspecified atom stereocenters. The molecular weight excluding hydrogens is 304 g/mol. The predicted molar refractivity (Wildman–Crippen MR) is 80.8 cm³/mol. The maximum absolute atomic E-state index is 13.3. The van der Waals surface area contributed by atoms with Gasteiger partial charge in [0.25, 0.3) is 0 Å². The second kappa shape index (κ2) is 6.09. The minimum absolute atomic E-state index is 0.419. The molecule has 1 aromatic carbocycles. The van der Waals surface area contributed by atoms with Crippen molar-refractivity contribution in [2.45, 2.75) is 50.0 Å². The van der Waals surface area contributed by atoms with Gasteiger partial charge >= 0.3 is 0 Å². The minimum atomic E-state index is -1.13. The Morgan fingerprint density at radius 3 is 2.39 bits per heavy atom. The third-order valence-electron chi connectivity index (χ3n) is 5.12. The Kier molecular flexibility index (Phi) is 4.44. The summed E-state index contributed by atoms with van der Waals surface area (Å²) in [7, 11) is 0. The van der Waals surface area contributed by atoms with Crippen LogP contribution in [-0.4, -0.2) is 52.1 Å². The first-order chi connectivity index (χ1) is 10.8. The van der Waals surface area contributed by atoms with Crippen LogP contribution in [0.25, 0.3) is 0 Å². The van der Waals surface area contributed by atoms with Crippen LogP contribution in [-0.2, 0) is 11.3 Å². The number of hydrogen-bond donors (Lipinski definition) is 2. The van der Waals surface area contributed by atoms with Crippen LogP contribution in [0, 0.1) is 11.6 Å². The molecule has 4 nitrogen and oxygen atoms in total. The molecule has 2 heterocycles. The van der Waals surface area contributed by atoms with Crippen LogP contribution < -0.4 is 0 Å². The van der Waals surface area contributed by atoms with Crippen molar-refractivity contribution in [2.75, 3.05) is 19.7 Å². The van der Waals surface area contributed by atoms with E-state index in [0.29, 0.717) is 51.1 Å². The predicted octanol–water partition coefficient (Wildman–Crippen LogP) is 1.83. The van der Waals surface area contributed by atoms with Crippen LogP contribution in [0.4, 0.5) is 8.78 Å². The van der Waals surface area contributed by atoms with Gasteiger partial charge in [0.05, 0.1) is 17.8 Å². The van der Waals surface area contributed by atoms with E-state index < -0.39 is 28.9 Å². The Morgan fingerprint density at radius 1 is 1.17 bits per heavy atom. The fourth-order valence-corrected chi connectivity index (χ4v) is 3.71. The standard InChI is InChI=1S/C17H23F2NO3/c1-16(22)4-7-23-17(15(16)21)2-5-20(6-3-17)11-12-8-13(18)10-14(19)9-12/h8-10,15,21-22H,2-7,11H2,1H3/t15-,16+/m0/s1.